The Kier molecular flexibility index (Phi) is 4.30. The third kappa shape index (κ3) is 3.36. The SMILES string of the molecule is Cc1ccc(OCCC2CCCC2N)c(Cl)c1. The van der Waals surface area contributed by atoms with E-state index >= 15 is 0 Å². The first-order valence-electron chi connectivity index (χ1n) is 6.31. The first-order chi connectivity index (χ1) is 8.16. The number of rotatable bonds is 4. The summed E-state index contributed by atoms with van der Waals surface area (Å²) >= 11 is 6.10. The fourth-order valence-electron chi connectivity index (χ4n) is 2.47. The highest BCUT2D eigenvalue weighted by Gasteiger charge is 2.23. The Morgan fingerprint density at radius 1 is 1.41 bits per heavy atom. The fraction of sp³-hybridized carbons (Fsp3) is 0.571. The topological polar surface area (TPSA) is 35.2 Å². The summed E-state index contributed by atoms with van der Waals surface area (Å²) in [5.74, 6) is 1.41. The van der Waals surface area contributed by atoms with E-state index in [1.54, 1.807) is 0 Å². The molecule has 2 unspecified atom stereocenters. The van der Waals surface area contributed by atoms with Crippen molar-refractivity contribution in [1.29, 1.82) is 0 Å². The van der Waals surface area contributed by atoms with Crippen molar-refractivity contribution in [3.8, 4) is 5.75 Å². The molecule has 0 spiro atoms. The van der Waals surface area contributed by atoms with Crippen molar-refractivity contribution in [2.24, 2.45) is 11.7 Å². The van der Waals surface area contributed by atoms with Crippen molar-refractivity contribution in [1.82, 2.24) is 0 Å². The number of hydrogen-bond donors (Lipinski definition) is 1. The quantitative estimate of drug-likeness (QED) is 0.891. The van der Waals surface area contributed by atoms with Gasteiger partial charge in [0.05, 0.1) is 11.6 Å². The molecule has 2 nitrogen and oxygen atoms in total. The average Bonchev–Trinajstić information content (AvgIpc) is 2.68. The summed E-state index contributed by atoms with van der Waals surface area (Å²) in [5.41, 5.74) is 7.18. The van der Waals surface area contributed by atoms with Crippen LogP contribution in [0, 0.1) is 12.8 Å². The van der Waals surface area contributed by atoms with E-state index in [-0.39, 0.29) is 0 Å². The van der Waals surface area contributed by atoms with Crippen molar-refractivity contribution < 1.29 is 4.74 Å². The lowest BCUT2D eigenvalue weighted by molar-refractivity contribution is 0.271. The van der Waals surface area contributed by atoms with Gasteiger partial charge < -0.3 is 10.5 Å². The number of aryl methyl sites for hydroxylation is 1. The number of hydrogen-bond acceptors (Lipinski definition) is 2. The highest BCUT2D eigenvalue weighted by atomic mass is 35.5. The van der Waals surface area contributed by atoms with E-state index in [1.165, 1.54) is 12.8 Å². The van der Waals surface area contributed by atoms with Gasteiger partial charge in [-0.05, 0) is 49.8 Å². The Morgan fingerprint density at radius 3 is 2.88 bits per heavy atom. The van der Waals surface area contributed by atoms with E-state index in [0.29, 0.717) is 23.6 Å². The highest BCUT2D eigenvalue weighted by molar-refractivity contribution is 6.32. The number of nitrogens with two attached hydrogens (primary N) is 1. The molecule has 0 heterocycles. The van der Waals surface area contributed by atoms with E-state index in [1.807, 2.05) is 25.1 Å². The standard InChI is InChI=1S/C14H20ClNO/c1-10-5-6-14(12(15)9-10)17-8-7-11-3-2-4-13(11)16/h5-6,9,11,13H,2-4,7-8,16H2,1H3. The van der Waals surface area contributed by atoms with Gasteiger partial charge in [-0.1, -0.05) is 24.1 Å². The van der Waals surface area contributed by atoms with Crippen LogP contribution in [0.25, 0.3) is 0 Å². The third-order valence-electron chi connectivity index (χ3n) is 3.55. The third-order valence-corrected chi connectivity index (χ3v) is 3.85. The second kappa shape index (κ2) is 5.74. The van der Waals surface area contributed by atoms with Crippen LogP contribution in [0.1, 0.15) is 31.2 Å². The van der Waals surface area contributed by atoms with Crippen LogP contribution < -0.4 is 10.5 Å². The van der Waals surface area contributed by atoms with Gasteiger partial charge in [0.25, 0.3) is 0 Å². The van der Waals surface area contributed by atoms with Gasteiger partial charge >= 0.3 is 0 Å². The average molecular weight is 254 g/mol. The minimum Gasteiger partial charge on any atom is -0.492 e. The second-order valence-corrected chi connectivity index (χ2v) is 5.33. The first-order valence-corrected chi connectivity index (χ1v) is 6.69. The molecule has 1 aliphatic rings. The maximum Gasteiger partial charge on any atom is 0.137 e. The summed E-state index contributed by atoms with van der Waals surface area (Å²) in [6.07, 6.45) is 4.70. The van der Waals surface area contributed by atoms with Crippen molar-refractivity contribution in [3.05, 3.63) is 28.8 Å². The fourth-order valence-corrected chi connectivity index (χ4v) is 2.76. The lowest BCUT2D eigenvalue weighted by Gasteiger charge is -2.16. The molecule has 0 radical (unpaired) electrons. The summed E-state index contributed by atoms with van der Waals surface area (Å²) < 4.78 is 5.71. The predicted octanol–water partition coefficient (Wildman–Crippen LogP) is 3.54. The lowest BCUT2D eigenvalue weighted by atomic mass is 10.0. The van der Waals surface area contributed by atoms with E-state index < -0.39 is 0 Å². The van der Waals surface area contributed by atoms with Gasteiger partial charge in [0.15, 0.2) is 0 Å². The molecular formula is C14H20ClNO. The monoisotopic (exact) mass is 253 g/mol. The van der Waals surface area contributed by atoms with Crippen LogP contribution in [0.4, 0.5) is 0 Å². The molecule has 94 valence electrons. The number of halogens is 1. The van der Waals surface area contributed by atoms with Crippen LogP contribution in [0.5, 0.6) is 5.75 Å². The molecule has 2 rings (SSSR count). The highest BCUT2D eigenvalue weighted by Crippen LogP contribution is 2.28. The molecule has 0 amide bonds. The second-order valence-electron chi connectivity index (χ2n) is 4.93. The van der Waals surface area contributed by atoms with Crippen molar-refractivity contribution >= 4 is 11.6 Å². The zero-order chi connectivity index (χ0) is 12.3. The summed E-state index contributed by atoms with van der Waals surface area (Å²) in [6.45, 7) is 2.73. The zero-order valence-corrected chi connectivity index (χ0v) is 11.0. The van der Waals surface area contributed by atoms with E-state index in [2.05, 4.69) is 0 Å². The molecule has 2 atom stereocenters. The van der Waals surface area contributed by atoms with Crippen LogP contribution in [-0.2, 0) is 0 Å². The molecule has 2 N–H and O–H groups in total. The summed E-state index contributed by atoms with van der Waals surface area (Å²) in [6, 6.07) is 6.25. The molecule has 3 heteroatoms. The molecule has 17 heavy (non-hydrogen) atoms. The van der Waals surface area contributed by atoms with E-state index in [9.17, 15) is 0 Å². The van der Waals surface area contributed by atoms with Gasteiger partial charge in [-0.2, -0.15) is 0 Å². The molecule has 1 saturated carbocycles. The van der Waals surface area contributed by atoms with Crippen LogP contribution in [0.3, 0.4) is 0 Å². The molecule has 0 aromatic heterocycles. The minimum absolute atomic E-state index is 0.368. The van der Waals surface area contributed by atoms with Gasteiger partial charge in [-0.3, -0.25) is 0 Å². The Labute approximate surface area is 108 Å². The van der Waals surface area contributed by atoms with Crippen LogP contribution in [0.15, 0.2) is 18.2 Å². The molecule has 1 aromatic carbocycles. The van der Waals surface area contributed by atoms with Crippen molar-refractivity contribution in [3.63, 3.8) is 0 Å². The van der Waals surface area contributed by atoms with Crippen molar-refractivity contribution in [2.45, 2.75) is 38.6 Å². The Hall–Kier alpha value is -0.730. The van der Waals surface area contributed by atoms with Gasteiger partial charge in [-0.25, -0.2) is 0 Å². The van der Waals surface area contributed by atoms with Crippen LogP contribution >= 0.6 is 11.6 Å². The molecule has 1 fully saturated rings. The smallest absolute Gasteiger partial charge is 0.137 e. The van der Waals surface area contributed by atoms with Crippen molar-refractivity contribution in [2.75, 3.05) is 6.61 Å². The van der Waals surface area contributed by atoms with Crippen LogP contribution in [0.2, 0.25) is 5.02 Å². The Bertz CT molecular complexity index is 380. The molecule has 0 saturated heterocycles. The van der Waals surface area contributed by atoms with E-state index in [4.69, 9.17) is 22.1 Å². The lowest BCUT2D eigenvalue weighted by Crippen LogP contribution is -2.25. The molecule has 0 aliphatic heterocycles. The number of ether oxygens (including phenoxy) is 1. The summed E-state index contributed by atoms with van der Waals surface area (Å²) in [7, 11) is 0. The maximum atomic E-state index is 6.10. The van der Waals surface area contributed by atoms with Gasteiger partial charge in [0.1, 0.15) is 5.75 Å². The summed E-state index contributed by atoms with van der Waals surface area (Å²) in [4.78, 5) is 0. The molecule has 1 aliphatic carbocycles. The Morgan fingerprint density at radius 2 is 2.24 bits per heavy atom. The largest absolute Gasteiger partial charge is 0.492 e. The van der Waals surface area contributed by atoms with Gasteiger partial charge in [0, 0.05) is 6.04 Å². The van der Waals surface area contributed by atoms with Gasteiger partial charge in [-0.15, -0.1) is 0 Å². The molecule has 0 bridgehead atoms. The first kappa shape index (κ1) is 12.7. The normalized spacial score (nSPS) is 23.9. The van der Waals surface area contributed by atoms with Gasteiger partial charge in [0.2, 0.25) is 0 Å². The minimum atomic E-state index is 0.368. The zero-order valence-electron chi connectivity index (χ0n) is 10.3. The maximum absolute atomic E-state index is 6.10. The Balaban J connectivity index is 1.81. The number of benzene rings is 1. The van der Waals surface area contributed by atoms with Crippen LogP contribution in [-0.4, -0.2) is 12.6 Å². The molecule has 1 aromatic rings. The van der Waals surface area contributed by atoms with E-state index in [0.717, 1.165) is 24.2 Å². The summed E-state index contributed by atoms with van der Waals surface area (Å²) in [5, 5.41) is 0.695. The predicted molar refractivity (Wildman–Crippen MR) is 71.6 cm³/mol. The molecular weight excluding hydrogens is 234 g/mol.